The van der Waals surface area contributed by atoms with Crippen LogP contribution in [0.3, 0.4) is 0 Å². The largest absolute Gasteiger partial charge is 0.416 e. The Kier molecular flexibility index (Phi) is 7.17. The van der Waals surface area contributed by atoms with E-state index in [1.807, 2.05) is 45.8 Å². The Balaban J connectivity index is 2.95. The first kappa shape index (κ1) is 24.1. The van der Waals surface area contributed by atoms with E-state index < -0.39 is 51.4 Å². The van der Waals surface area contributed by atoms with Crippen LogP contribution >= 0.6 is 0 Å². The molecule has 1 unspecified atom stereocenters. The minimum atomic E-state index is -2.98. The van der Waals surface area contributed by atoms with Gasteiger partial charge in [-0.25, -0.2) is 0 Å². The molecule has 7 nitrogen and oxygen atoms in total. The van der Waals surface area contributed by atoms with Gasteiger partial charge in [0, 0.05) is 0 Å². The highest BCUT2D eigenvalue weighted by Gasteiger charge is 2.53. The van der Waals surface area contributed by atoms with Crippen LogP contribution in [0.2, 0.25) is 77.6 Å². The molecule has 1 aliphatic heterocycles. The summed E-state index contributed by atoms with van der Waals surface area (Å²) in [4.78, 5) is 20.6. The fourth-order valence-corrected chi connectivity index (χ4v) is 32.6. The van der Waals surface area contributed by atoms with Gasteiger partial charge in [-0.05, 0) is 77.6 Å². The zero-order valence-electron chi connectivity index (χ0n) is 17.3. The molecule has 1 fully saturated rings. The second kappa shape index (κ2) is 7.45. The van der Waals surface area contributed by atoms with E-state index in [-0.39, 0.29) is 0 Å². The lowest BCUT2D eigenvalue weighted by atomic mass is 10.9. The summed E-state index contributed by atoms with van der Waals surface area (Å²) in [6.45, 7) is 19.2. The molecule has 0 bridgehead atoms. The summed E-state index contributed by atoms with van der Waals surface area (Å²) in [6, 6.07) is 1.06. The van der Waals surface area contributed by atoms with Crippen LogP contribution < -0.4 is 0 Å². The Morgan fingerprint density at radius 2 is 1.08 bits per heavy atom. The van der Waals surface area contributed by atoms with Gasteiger partial charge in [-0.2, -0.15) is 0 Å². The predicted molar refractivity (Wildman–Crippen MR) is 113 cm³/mol. The normalized spacial score (nSPS) is 27.8. The van der Waals surface area contributed by atoms with Crippen LogP contribution in [0.1, 0.15) is 0 Å². The van der Waals surface area contributed by atoms with Crippen molar-refractivity contribution in [3.8, 4) is 0 Å². The zero-order valence-corrected chi connectivity index (χ0v) is 23.3. The van der Waals surface area contributed by atoms with E-state index in [0.29, 0.717) is 12.1 Å². The van der Waals surface area contributed by atoms with Crippen LogP contribution in [0.4, 0.5) is 0 Å². The minimum absolute atomic E-state index is 0.461. The maximum Gasteiger partial charge on any atom is 0.323 e. The van der Waals surface area contributed by atoms with Crippen molar-refractivity contribution in [2.75, 3.05) is 0 Å². The van der Waals surface area contributed by atoms with Gasteiger partial charge in [0.05, 0.1) is 0 Å². The monoisotopic (exact) mass is 460 g/mol. The lowest BCUT2D eigenvalue weighted by molar-refractivity contribution is 0.233. The van der Waals surface area contributed by atoms with Crippen molar-refractivity contribution in [1.82, 2.24) is 0 Å². The quantitative estimate of drug-likeness (QED) is 0.610. The molecule has 1 aliphatic rings. The van der Waals surface area contributed by atoms with E-state index in [1.165, 1.54) is 0 Å². The molecule has 0 saturated carbocycles. The summed E-state index contributed by atoms with van der Waals surface area (Å²) >= 11 is 0. The molecular weight excluding hydrogens is 425 g/mol. The average molecular weight is 461 g/mol. The molecule has 1 rings (SSSR count). The van der Waals surface area contributed by atoms with Crippen molar-refractivity contribution < 1.29 is 30.2 Å². The third-order valence-corrected chi connectivity index (χ3v) is 25.3. The van der Waals surface area contributed by atoms with Gasteiger partial charge in [-0.15, -0.1) is 0 Å². The Morgan fingerprint density at radius 1 is 0.720 bits per heavy atom. The molecule has 0 aromatic carbocycles. The third kappa shape index (κ3) is 9.17. The average Bonchev–Trinajstić information content (AvgIpc) is 2.15. The Morgan fingerprint density at radius 3 is 1.44 bits per heavy atom. The highest BCUT2D eigenvalue weighted by molar-refractivity contribution is 6.93. The smallest absolute Gasteiger partial charge is 0.323 e. The van der Waals surface area contributed by atoms with Gasteiger partial charge < -0.3 is 30.2 Å². The highest BCUT2D eigenvalue weighted by atomic mass is 28.5. The predicted octanol–water partition coefficient (Wildman–Crippen LogP) is 3.02. The van der Waals surface area contributed by atoms with Gasteiger partial charge in [0.2, 0.25) is 0 Å². The lowest BCUT2D eigenvalue weighted by Gasteiger charge is -2.47. The lowest BCUT2D eigenvalue weighted by Crippen LogP contribution is -2.65. The molecule has 0 amide bonds. The molecule has 150 valence electrons. The van der Waals surface area contributed by atoms with Gasteiger partial charge in [0.25, 0.3) is 0 Å². The highest BCUT2D eigenvalue weighted by Crippen LogP contribution is 2.34. The fourth-order valence-electron chi connectivity index (χ4n) is 3.46. The first-order chi connectivity index (χ1) is 10.7. The number of hydrogen-bond donors (Lipinski definition) is 2. The van der Waals surface area contributed by atoms with E-state index in [2.05, 4.69) is 0 Å². The maximum atomic E-state index is 10.6. The van der Waals surface area contributed by atoms with Crippen LogP contribution in [-0.4, -0.2) is 61.0 Å². The van der Waals surface area contributed by atoms with Crippen LogP contribution in [0.5, 0.6) is 0 Å². The topological polar surface area (TPSA) is 86.6 Å². The zero-order chi connectivity index (χ0) is 19.9. The van der Waals surface area contributed by atoms with Crippen molar-refractivity contribution in [1.29, 1.82) is 0 Å². The van der Waals surface area contributed by atoms with Gasteiger partial charge in [-0.1, -0.05) is 0 Å². The van der Waals surface area contributed by atoms with Crippen molar-refractivity contribution in [2.24, 2.45) is 0 Å². The molecule has 1 atom stereocenters. The summed E-state index contributed by atoms with van der Waals surface area (Å²) in [5, 5.41) is 0. The van der Waals surface area contributed by atoms with E-state index in [0.717, 1.165) is 0 Å². The second-order valence-corrected chi connectivity index (χ2v) is 30.0. The number of rotatable bonds is 5. The summed E-state index contributed by atoms with van der Waals surface area (Å²) in [5.41, 5.74) is 0. The molecule has 0 aromatic rings. The van der Waals surface area contributed by atoms with Crippen molar-refractivity contribution in [3.63, 3.8) is 0 Å². The van der Waals surface area contributed by atoms with E-state index in [1.54, 1.807) is 19.6 Å². The van der Waals surface area contributed by atoms with Gasteiger partial charge in [-0.3, -0.25) is 0 Å². The molecule has 1 heterocycles. The van der Waals surface area contributed by atoms with Gasteiger partial charge in [0.15, 0.2) is 0 Å². The summed E-state index contributed by atoms with van der Waals surface area (Å²) in [7, 11) is -15.5. The SMILES string of the molecule is C[Si](C)(O)O[Si](C)(O)CC[Si]1(C)O[Si](C)(C)O[Si](C)(C)O[Si](C)(C)O1. The fraction of sp³-hybridized carbons (Fsp3) is 1.00. The van der Waals surface area contributed by atoms with E-state index in [4.69, 9.17) is 20.6 Å². The van der Waals surface area contributed by atoms with Crippen molar-refractivity contribution in [3.05, 3.63) is 0 Å². The molecule has 0 aromatic heterocycles. The third-order valence-electron chi connectivity index (χ3n) is 3.42. The van der Waals surface area contributed by atoms with E-state index in [9.17, 15) is 9.59 Å². The second-order valence-electron chi connectivity index (χ2n) is 8.97. The molecule has 2 N–H and O–H groups in total. The molecule has 13 heteroatoms. The molecule has 25 heavy (non-hydrogen) atoms. The Bertz CT molecular complexity index is 455. The van der Waals surface area contributed by atoms with Crippen LogP contribution in [0.15, 0.2) is 0 Å². The van der Waals surface area contributed by atoms with Crippen molar-refractivity contribution >= 4 is 51.4 Å². The van der Waals surface area contributed by atoms with Crippen LogP contribution in [0, 0.1) is 0 Å². The van der Waals surface area contributed by atoms with E-state index >= 15 is 0 Å². The minimum Gasteiger partial charge on any atom is -0.416 e. The van der Waals surface area contributed by atoms with Crippen molar-refractivity contribution in [2.45, 2.75) is 77.6 Å². The summed E-state index contributed by atoms with van der Waals surface area (Å²) in [5.74, 6) is 0. The standard InChI is InChI=1S/C12H36O7Si6/c1-20(2,13)15-24(9,14)11-12-25(10)18-22(5,6)16-21(3,4)17-23(7,8)19-25/h13-14H,11-12H2,1-10H3. The van der Waals surface area contributed by atoms with Crippen LogP contribution in [0.25, 0.3) is 0 Å². The first-order valence-corrected chi connectivity index (χ1v) is 25.1. The first-order valence-electron chi connectivity index (χ1n) is 8.70. The summed E-state index contributed by atoms with van der Waals surface area (Å²) < 4.78 is 31.2. The van der Waals surface area contributed by atoms with Crippen LogP contribution in [-0.2, 0) is 20.6 Å². The molecule has 0 aliphatic carbocycles. The molecule has 1 saturated heterocycles. The maximum absolute atomic E-state index is 10.6. The Labute approximate surface area is 159 Å². The molecule has 0 radical (unpaired) electrons. The molecule has 0 spiro atoms. The van der Waals surface area contributed by atoms with Gasteiger partial charge >= 0.3 is 51.4 Å². The number of hydrogen-bond acceptors (Lipinski definition) is 7. The summed E-state index contributed by atoms with van der Waals surface area (Å²) in [6.07, 6.45) is 0. The Hall–Kier alpha value is 1.02. The molecular formula is C12H36O7Si6. The van der Waals surface area contributed by atoms with Gasteiger partial charge in [0.1, 0.15) is 0 Å².